The summed E-state index contributed by atoms with van der Waals surface area (Å²) >= 11 is 0. The molecule has 0 aliphatic carbocycles. The summed E-state index contributed by atoms with van der Waals surface area (Å²) in [5.41, 5.74) is 7.86. The molecule has 7 nitrogen and oxygen atoms in total. The summed E-state index contributed by atoms with van der Waals surface area (Å²) in [4.78, 5) is 27.3. The van der Waals surface area contributed by atoms with Crippen LogP contribution in [0.2, 0.25) is 0 Å². The molecule has 1 aliphatic rings. The average molecular weight is 409 g/mol. The number of nitrogens with zero attached hydrogens (tertiary/aromatic N) is 1. The Bertz CT molecular complexity index is 924. The quantitative estimate of drug-likeness (QED) is 0.686. The Morgan fingerprint density at radius 2 is 1.93 bits per heavy atom. The maximum atomic E-state index is 12.9. The summed E-state index contributed by atoms with van der Waals surface area (Å²) < 4.78 is 10.4. The highest BCUT2D eigenvalue weighted by Gasteiger charge is 2.34. The van der Waals surface area contributed by atoms with Crippen molar-refractivity contribution in [3.05, 3.63) is 71.4 Å². The number of methoxy groups -OCH3 is 2. The number of ether oxygens (including phenoxy) is 2. The van der Waals surface area contributed by atoms with Crippen LogP contribution in [0.3, 0.4) is 0 Å². The third-order valence-corrected chi connectivity index (χ3v) is 5.21. The molecule has 0 aromatic heterocycles. The molecule has 1 saturated heterocycles. The Labute approximate surface area is 176 Å². The highest BCUT2D eigenvalue weighted by Crippen LogP contribution is 2.22. The van der Waals surface area contributed by atoms with Gasteiger partial charge in [0.1, 0.15) is 17.6 Å². The predicted molar refractivity (Wildman–Crippen MR) is 115 cm³/mol. The fraction of sp³-hybridized carbons (Fsp3) is 0.304. The Hall–Kier alpha value is -3.48. The van der Waals surface area contributed by atoms with Gasteiger partial charge in [-0.3, -0.25) is 9.59 Å². The SMILES string of the molecule is CO/C(=C\N)c1ccc(CNC(=O)C2CCCN2C(=O)c2cccc(OC)c2)cc1. The second-order valence-corrected chi connectivity index (χ2v) is 7.04. The number of carbonyl (C=O) groups is 2. The first-order chi connectivity index (χ1) is 14.6. The first-order valence-electron chi connectivity index (χ1n) is 9.85. The molecule has 1 fully saturated rings. The van der Waals surface area contributed by atoms with E-state index in [0.29, 0.717) is 36.6 Å². The van der Waals surface area contributed by atoms with Gasteiger partial charge in [-0.1, -0.05) is 30.3 Å². The fourth-order valence-electron chi connectivity index (χ4n) is 3.58. The van der Waals surface area contributed by atoms with Gasteiger partial charge in [-0.05, 0) is 36.6 Å². The summed E-state index contributed by atoms with van der Waals surface area (Å²) in [6.07, 6.45) is 2.86. The van der Waals surface area contributed by atoms with E-state index < -0.39 is 6.04 Å². The minimum absolute atomic E-state index is 0.146. The van der Waals surface area contributed by atoms with Gasteiger partial charge >= 0.3 is 0 Å². The molecule has 3 rings (SSSR count). The largest absolute Gasteiger partial charge is 0.497 e. The molecule has 2 aromatic rings. The van der Waals surface area contributed by atoms with Gasteiger partial charge in [0.25, 0.3) is 5.91 Å². The van der Waals surface area contributed by atoms with Gasteiger partial charge in [-0.25, -0.2) is 0 Å². The zero-order valence-electron chi connectivity index (χ0n) is 17.3. The summed E-state index contributed by atoms with van der Waals surface area (Å²) in [6.45, 7) is 0.944. The number of hydrogen-bond donors (Lipinski definition) is 2. The van der Waals surface area contributed by atoms with Gasteiger partial charge in [-0.2, -0.15) is 0 Å². The average Bonchev–Trinajstić information content (AvgIpc) is 3.28. The van der Waals surface area contributed by atoms with E-state index in [0.717, 1.165) is 17.5 Å². The second-order valence-electron chi connectivity index (χ2n) is 7.04. The van der Waals surface area contributed by atoms with Crippen LogP contribution in [0, 0.1) is 0 Å². The zero-order chi connectivity index (χ0) is 21.5. The highest BCUT2D eigenvalue weighted by molar-refractivity contribution is 5.98. The van der Waals surface area contributed by atoms with Gasteiger partial charge in [0.2, 0.25) is 5.91 Å². The first kappa shape index (κ1) is 21.2. The van der Waals surface area contributed by atoms with Gasteiger partial charge in [0, 0.05) is 30.4 Å². The first-order valence-corrected chi connectivity index (χ1v) is 9.85. The molecule has 1 unspecified atom stereocenters. The van der Waals surface area contributed by atoms with Gasteiger partial charge in [0.15, 0.2) is 0 Å². The molecule has 7 heteroatoms. The summed E-state index contributed by atoms with van der Waals surface area (Å²) in [7, 11) is 3.12. The molecule has 30 heavy (non-hydrogen) atoms. The number of carbonyl (C=O) groups excluding carboxylic acids is 2. The predicted octanol–water partition coefficient (Wildman–Crippen LogP) is 2.52. The Kier molecular flexibility index (Phi) is 6.95. The van der Waals surface area contributed by atoms with Crippen LogP contribution in [-0.4, -0.2) is 43.5 Å². The zero-order valence-corrected chi connectivity index (χ0v) is 17.3. The van der Waals surface area contributed by atoms with Crippen LogP contribution in [0.25, 0.3) is 5.76 Å². The van der Waals surface area contributed by atoms with Crippen LogP contribution in [-0.2, 0) is 16.1 Å². The molecule has 1 atom stereocenters. The lowest BCUT2D eigenvalue weighted by Gasteiger charge is -2.24. The van der Waals surface area contributed by atoms with Crippen molar-refractivity contribution in [2.45, 2.75) is 25.4 Å². The van der Waals surface area contributed by atoms with E-state index in [2.05, 4.69) is 5.32 Å². The van der Waals surface area contributed by atoms with E-state index in [1.165, 1.54) is 6.20 Å². The molecule has 1 aliphatic heterocycles. The van der Waals surface area contributed by atoms with Crippen molar-refractivity contribution in [3.63, 3.8) is 0 Å². The van der Waals surface area contributed by atoms with Gasteiger partial charge < -0.3 is 25.4 Å². The number of nitrogens with two attached hydrogens (primary N) is 1. The number of rotatable bonds is 7. The van der Waals surface area contributed by atoms with E-state index in [9.17, 15) is 9.59 Å². The number of nitrogens with one attached hydrogen (secondary N) is 1. The van der Waals surface area contributed by atoms with Crippen molar-refractivity contribution in [1.82, 2.24) is 10.2 Å². The van der Waals surface area contributed by atoms with Crippen LogP contribution in [0.4, 0.5) is 0 Å². The Balaban J connectivity index is 1.62. The van der Waals surface area contributed by atoms with Crippen LogP contribution >= 0.6 is 0 Å². The van der Waals surface area contributed by atoms with Gasteiger partial charge in [0.05, 0.1) is 14.2 Å². The van der Waals surface area contributed by atoms with Crippen molar-refractivity contribution in [3.8, 4) is 5.75 Å². The maximum absolute atomic E-state index is 12.9. The van der Waals surface area contributed by atoms with Crippen molar-refractivity contribution in [2.75, 3.05) is 20.8 Å². The standard InChI is InChI=1S/C23H27N3O4/c1-29-19-6-3-5-18(13-19)23(28)26-12-4-7-20(26)22(27)25-15-16-8-10-17(11-9-16)21(14-24)30-2/h3,5-6,8-11,13-14,20H,4,7,12,15,24H2,1-2H3,(H,25,27)/b21-14-. The molecule has 0 bridgehead atoms. The number of benzene rings is 2. The number of hydrogen-bond acceptors (Lipinski definition) is 5. The molecule has 0 radical (unpaired) electrons. The van der Waals surface area contributed by atoms with Crippen molar-refractivity contribution < 1.29 is 19.1 Å². The normalized spacial score (nSPS) is 16.3. The summed E-state index contributed by atoms with van der Waals surface area (Å²) in [5, 5.41) is 2.95. The fourth-order valence-corrected chi connectivity index (χ4v) is 3.58. The highest BCUT2D eigenvalue weighted by atomic mass is 16.5. The van der Waals surface area contributed by atoms with Gasteiger partial charge in [-0.15, -0.1) is 0 Å². The van der Waals surface area contributed by atoms with Crippen molar-refractivity contribution in [2.24, 2.45) is 5.73 Å². The lowest BCUT2D eigenvalue weighted by molar-refractivity contribution is -0.125. The van der Waals surface area contributed by atoms with Crippen molar-refractivity contribution in [1.29, 1.82) is 0 Å². The third-order valence-electron chi connectivity index (χ3n) is 5.21. The van der Waals surface area contributed by atoms with Crippen LogP contribution < -0.4 is 15.8 Å². The second kappa shape index (κ2) is 9.82. The molecule has 158 valence electrons. The Morgan fingerprint density at radius 3 is 2.60 bits per heavy atom. The third kappa shape index (κ3) is 4.74. The molecular weight excluding hydrogens is 382 g/mol. The van der Waals surface area contributed by atoms with Crippen LogP contribution in [0.1, 0.15) is 34.3 Å². The van der Waals surface area contributed by atoms with Crippen LogP contribution in [0.15, 0.2) is 54.7 Å². The van der Waals surface area contributed by atoms with E-state index in [4.69, 9.17) is 15.2 Å². The molecule has 1 heterocycles. The van der Waals surface area contributed by atoms with Crippen molar-refractivity contribution >= 4 is 17.6 Å². The number of amides is 2. The molecule has 0 saturated carbocycles. The minimum Gasteiger partial charge on any atom is -0.497 e. The molecule has 0 spiro atoms. The summed E-state index contributed by atoms with van der Waals surface area (Å²) in [6, 6.07) is 14.1. The monoisotopic (exact) mass is 409 g/mol. The molecule has 3 N–H and O–H groups in total. The van der Waals surface area contributed by atoms with E-state index >= 15 is 0 Å². The molecule has 2 aromatic carbocycles. The molecule has 2 amide bonds. The van der Waals surface area contributed by atoms with E-state index in [-0.39, 0.29) is 11.8 Å². The summed E-state index contributed by atoms with van der Waals surface area (Å²) in [5.74, 6) is 0.901. The lowest BCUT2D eigenvalue weighted by Crippen LogP contribution is -2.45. The topological polar surface area (TPSA) is 93.9 Å². The Morgan fingerprint density at radius 1 is 1.17 bits per heavy atom. The maximum Gasteiger partial charge on any atom is 0.254 e. The van der Waals surface area contributed by atoms with E-state index in [1.54, 1.807) is 43.4 Å². The van der Waals surface area contributed by atoms with E-state index in [1.807, 2.05) is 24.3 Å². The molecular formula is C23H27N3O4. The lowest BCUT2D eigenvalue weighted by atomic mass is 10.1. The smallest absolute Gasteiger partial charge is 0.254 e. The minimum atomic E-state index is -0.469. The van der Waals surface area contributed by atoms with Crippen LogP contribution in [0.5, 0.6) is 5.75 Å². The number of likely N-dealkylation sites (tertiary alicyclic amines) is 1.